The van der Waals surface area contributed by atoms with Crippen LogP contribution in [0.4, 0.5) is 14.6 Å². The largest absolute Gasteiger partial charge is 0.508 e. The minimum Gasteiger partial charge on any atom is -0.508 e. The van der Waals surface area contributed by atoms with Gasteiger partial charge in [-0.2, -0.15) is 9.97 Å². The van der Waals surface area contributed by atoms with Crippen LogP contribution in [0.2, 0.25) is 0 Å². The maximum absolute atomic E-state index is 15.0. The van der Waals surface area contributed by atoms with E-state index in [1.807, 2.05) is 11.8 Å². The van der Waals surface area contributed by atoms with Gasteiger partial charge in [0.2, 0.25) is 0 Å². The lowest BCUT2D eigenvalue weighted by atomic mass is 9.93. The predicted octanol–water partition coefficient (Wildman–Crippen LogP) is 4.24. The highest BCUT2D eigenvalue weighted by Gasteiger charge is 2.49. The van der Waals surface area contributed by atoms with Gasteiger partial charge >= 0.3 is 6.01 Å². The zero-order chi connectivity index (χ0) is 31.1. The van der Waals surface area contributed by atoms with Crippen molar-refractivity contribution in [3.05, 3.63) is 58.3 Å². The maximum atomic E-state index is 15.0. The number of aromatic hydroxyl groups is 1. The molecule has 2 aromatic carbocycles. The number of ether oxygens (including phenoxy) is 1. The van der Waals surface area contributed by atoms with Crippen molar-refractivity contribution in [2.45, 2.75) is 69.2 Å². The standard InChI is InChI=1S/C33H36F2N6O3/c1-2-24-26(35)7-4-19-12-23(42)13-27(28(19)24)40-11-8-25-29(31(40)43)37-32(38-30(25)41-17-21-5-6-22(41)15-36-21)44-18-33-9-3-10-39(33)16-20(34)14-33/h4,7-8,11-13,20-22,36,42H,2-3,5-6,9-10,14-18H2,1H3/t20-,21?,22?,33+/m1/s1/i20D. The first-order valence-corrected chi connectivity index (χ1v) is 15.6. The molecular formula is C33H36F2N6O3. The van der Waals surface area contributed by atoms with Gasteiger partial charge in [0.25, 0.3) is 5.56 Å². The van der Waals surface area contributed by atoms with Crippen molar-refractivity contribution in [3.63, 3.8) is 0 Å². The topological polar surface area (TPSA) is 95.8 Å². The molecule has 5 aliphatic rings. The summed E-state index contributed by atoms with van der Waals surface area (Å²) < 4.78 is 45.5. The number of nitrogens with one attached hydrogen (secondary N) is 1. The summed E-state index contributed by atoms with van der Waals surface area (Å²) in [4.78, 5) is 28.1. The van der Waals surface area contributed by atoms with Gasteiger partial charge in [-0.25, -0.2) is 8.78 Å². The van der Waals surface area contributed by atoms with Crippen LogP contribution in [0.3, 0.4) is 0 Å². The van der Waals surface area contributed by atoms with E-state index in [9.17, 15) is 18.7 Å². The molecule has 0 saturated carbocycles. The molecule has 0 amide bonds. The van der Waals surface area contributed by atoms with E-state index < -0.39 is 17.2 Å². The molecule has 4 atom stereocenters. The van der Waals surface area contributed by atoms with Crippen LogP contribution in [0.1, 0.15) is 46.0 Å². The molecule has 7 heterocycles. The zero-order valence-electron chi connectivity index (χ0n) is 25.7. The van der Waals surface area contributed by atoms with Gasteiger partial charge in [0.1, 0.15) is 35.7 Å². The van der Waals surface area contributed by atoms with E-state index in [4.69, 9.17) is 11.1 Å². The fourth-order valence-corrected chi connectivity index (χ4v) is 8.01. The van der Waals surface area contributed by atoms with Crippen LogP contribution in [0, 0.1) is 5.82 Å². The summed E-state index contributed by atoms with van der Waals surface area (Å²) in [6.45, 7) is 4.27. The number of nitrogens with zero attached hydrogens (tertiary/aromatic N) is 5. The Balaban J connectivity index is 1.28. The van der Waals surface area contributed by atoms with Gasteiger partial charge in [0.15, 0.2) is 0 Å². The van der Waals surface area contributed by atoms with Crippen LogP contribution in [-0.2, 0) is 6.42 Å². The van der Waals surface area contributed by atoms with Crippen LogP contribution in [0.5, 0.6) is 11.8 Å². The Morgan fingerprint density at radius 1 is 1.23 bits per heavy atom. The summed E-state index contributed by atoms with van der Waals surface area (Å²) in [7, 11) is 0. The Bertz CT molecular complexity index is 1890. The summed E-state index contributed by atoms with van der Waals surface area (Å²) in [5, 5.41) is 15.9. The number of benzene rings is 2. The lowest BCUT2D eigenvalue weighted by Gasteiger charge is -2.46. The van der Waals surface area contributed by atoms with Crippen LogP contribution in [0.15, 0.2) is 41.3 Å². The summed E-state index contributed by atoms with van der Waals surface area (Å²) in [5.41, 5.74) is -0.103. The third-order valence-corrected chi connectivity index (χ3v) is 10.2. The highest BCUT2D eigenvalue weighted by molar-refractivity contribution is 5.95. The first kappa shape index (κ1) is 26.6. The predicted molar refractivity (Wildman–Crippen MR) is 164 cm³/mol. The zero-order valence-corrected chi connectivity index (χ0v) is 24.7. The molecule has 0 aliphatic carbocycles. The minimum absolute atomic E-state index is 0.0328. The van der Waals surface area contributed by atoms with Crippen LogP contribution in [-0.4, -0.2) is 81.1 Å². The molecule has 5 saturated heterocycles. The molecule has 2 N–H and O–H groups in total. The molecule has 2 aromatic heterocycles. The summed E-state index contributed by atoms with van der Waals surface area (Å²) in [6.07, 6.45) is 3.73. The van der Waals surface area contributed by atoms with Gasteiger partial charge in [-0.1, -0.05) is 13.0 Å². The second-order valence-corrected chi connectivity index (χ2v) is 12.7. The average Bonchev–Trinajstić information content (AvgIpc) is 3.52. The molecule has 5 fully saturated rings. The van der Waals surface area contributed by atoms with E-state index >= 15 is 0 Å². The monoisotopic (exact) mass is 603 g/mol. The van der Waals surface area contributed by atoms with Crippen molar-refractivity contribution in [2.24, 2.45) is 0 Å². The second-order valence-electron chi connectivity index (χ2n) is 12.7. The van der Waals surface area contributed by atoms with Crippen LogP contribution in [0.25, 0.3) is 27.4 Å². The average molecular weight is 604 g/mol. The maximum Gasteiger partial charge on any atom is 0.319 e. The fourth-order valence-electron chi connectivity index (χ4n) is 8.01. The number of hydrogen-bond acceptors (Lipinski definition) is 8. The Morgan fingerprint density at radius 2 is 2.11 bits per heavy atom. The van der Waals surface area contributed by atoms with Crippen molar-refractivity contribution in [2.75, 3.05) is 37.7 Å². The molecule has 9 rings (SSSR count). The number of rotatable bonds is 6. The number of alkyl halides is 1. The lowest BCUT2D eigenvalue weighted by Crippen LogP contribution is -2.61. The minimum atomic E-state index is -2.03. The van der Waals surface area contributed by atoms with Gasteiger partial charge < -0.3 is 20.1 Å². The highest BCUT2D eigenvalue weighted by Crippen LogP contribution is 2.41. The van der Waals surface area contributed by atoms with Crippen molar-refractivity contribution >= 4 is 27.5 Å². The van der Waals surface area contributed by atoms with Gasteiger partial charge in [-0.15, -0.1) is 0 Å². The summed E-state index contributed by atoms with van der Waals surface area (Å²) >= 11 is 0. The lowest BCUT2D eigenvalue weighted by molar-refractivity contribution is 0.107. The number of aryl methyl sites for hydroxylation is 1. The molecule has 2 bridgehead atoms. The number of hydrogen-bond donors (Lipinski definition) is 2. The molecule has 44 heavy (non-hydrogen) atoms. The van der Waals surface area contributed by atoms with E-state index in [0.717, 1.165) is 32.4 Å². The molecule has 0 radical (unpaired) electrons. The number of fused-ring (bicyclic) bond motifs is 6. The number of piperidine rings is 2. The smallest absolute Gasteiger partial charge is 0.319 e. The van der Waals surface area contributed by atoms with Gasteiger partial charge in [0, 0.05) is 55.8 Å². The number of phenolic OH excluding ortho intramolecular Hbond substituents is 1. The van der Waals surface area contributed by atoms with Gasteiger partial charge in [-0.05, 0) is 67.8 Å². The van der Waals surface area contributed by atoms with E-state index in [1.165, 1.54) is 16.7 Å². The third-order valence-electron chi connectivity index (χ3n) is 10.2. The highest BCUT2D eigenvalue weighted by atomic mass is 19.1. The molecule has 2 unspecified atom stereocenters. The molecule has 230 valence electrons. The first-order valence-electron chi connectivity index (χ1n) is 16.1. The number of halogens is 2. The molecule has 9 nitrogen and oxygen atoms in total. The van der Waals surface area contributed by atoms with Crippen molar-refractivity contribution in [1.82, 2.24) is 24.8 Å². The number of pyridine rings is 1. The fraction of sp³-hybridized carbons (Fsp3) is 0.485. The number of piperazine rings is 1. The molecular weight excluding hydrogens is 566 g/mol. The summed E-state index contributed by atoms with van der Waals surface area (Å²) in [6, 6.07) is 8.35. The van der Waals surface area contributed by atoms with Gasteiger partial charge in [-0.3, -0.25) is 14.3 Å². The second kappa shape index (κ2) is 10.4. The quantitative estimate of drug-likeness (QED) is 0.338. The molecule has 0 spiro atoms. The Labute approximate surface area is 254 Å². The summed E-state index contributed by atoms with van der Waals surface area (Å²) in [5.74, 6) is 0.193. The third kappa shape index (κ3) is 4.34. The van der Waals surface area contributed by atoms with Crippen molar-refractivity contribution in [3.8, 4) is 17.4 Å². The number of aromatic nitrogens is 3. The number of anilines is 1. The Hall–Kier alpha value is -3.83. The Kier molecular flexibility index (Phi) is 6.26. The Morgan fingerprint density at radius 3 is 2.89 bits per heavy atom. The van der Waals surface area contributed by atoms with Gasteiger partial charge in [0.05, 0.1) is 18.0 Å². The van der Waals surface area contributed by atoms with Crippen molar-refractivity contribution in [1.29, 1.82) is 0 Å². The normalized spacial score (nSPS) is 28.6. The molecule has 11 heteroatoms. The molecule has 4 aromatic rings. The van der Waals surface area contributed by atoms with E-state index in [1.54, 1.807) is 24.4 Å². The van der Waals surface area contributed by atoms with E-state index in [2.05, 4.69) is 15.2 Å². The van der Waals surface area contributed by atoms with E-state index in [-0.39, 0.29) is 48.7 Å². The van der Waals surface area contributed by atoms with Crippen LogP contribution < -0.4 is 20.5 Å². The SMILES string of the molecule is [2H][C@]1(F)CN2CCC[C@@]2(COc2nc(N3CC4CCC3CN4)c3ccn(-c4cc(O)cc5ccc(F)c(CC)c45)c(=O)c3n2)C1. The first-order chi connectivity index (χ1) is 21.6. The van der Waals surface area contributed by atoms with E-state index in [0.29, 0.717) is 58.7 Å². The van der Waals surface area contributed by atoms with Crippen LogP contribution >= 0.6 is 0 Å². The molecule has 5 aliphatic heterocycles. The number of phenols is 1. The van der Waals surface area contributed by atoms with Crippen molar-refractivity contribution < 1.29 is 20.0 Å².